The van der Waals surface area contributed by atoms with Crippen molar-refractivity contribution in [3.63, 3.8) is 0 Å². The van der Waals surface area contributed by atoms with Gasteiger partial charge in [-0.2, -0.15) is 0 Å². The van der Waals surface area contributed by atoms with Gasteiger partial charge in [0.05, 0.1) is 19.2 Å². The van der Waals surface area contributed by atoms with Gasteiger partial charge >= 0.3 is 0 Å². The van der Waals surface area contributed by atoms with Crippen LogP contribution in [0.4, 0.5) is 4.39 Å². The van der Waals surface area contributed by atoms with Crippen molar-refractivity contribution in [3.8, 4) is 5.75 Å². The van der Waals surface area contributed by atoms with Crippen LogP contribution in [0.15, 0.2) is 41.3 Å². The Morgan fingerprint density at radius 2 is 2.10 bits per heavy atom. The average molecular weight is 275 g/mol. The Labute approximate surface area is 115 Å². The number of carbonyl (C=O) groups excluding carboxylic acids is 1. The van der Waals surface area contributed by atoms with Crippen LogP contribution >= 0.6 is 0 Å². The highest BCUT2D eigenvalue weighted by Gasteiger charge is 2.14. The number of hydrogen-bond donors (Lipinski definition) is 0. The second-order valence-electron chi connectivity index (χ2n) is 4.39. The lowest BCUT2D eigenvalue weighted by Gasteiger charge is -2.09. The van der Waals surface area contributed by atoms with E-state index in [1.165, 1.54) is 30.0 Å². The van der Waals surface area contributed by atoms with Crippen LogP contribution in [0.3, 0.4) is 0 Å². The number of ketones is 1. The molecule has 1 aromatic carbocycles. The summed E-state index contributed by atoms with van der Waals surface area (Å²) in [5.74, 6) is -0.614. The average Bonchev–Trinajstić information content (AvgIpc) is 2.43. The van der Waals surface area contributed by atoms with Crippen molar-refractivity contribution in [2.24, 2.45) is 0 Å². The molecule has 0 saturated heterocycles. The largest absolute Gasteiger partial charge is 0.496 e. The van der Waals surface area contributed by atoms with Crippen molar-refractivity contribution in [2.45, 2.75) is 13.5 Å². The quantitative estimate of drug-likeness (QED) is 0.804. The summed E-state index contributed by atoms with van der Waals surface area (Å²) < 4.78 is 19.6. The first kappa shape index (κ1) is 14.0. The van der Waals surface area contributed by atoms with E-state index in [1.807, 2.05) is 0 Å². The van der Waals surface area contributed by atoms with Crippen LogP contribution in [0.5, 0.6) is 5.75 Å². The van der Waals surface area contributed by atoms with Gasteiger partial charge in [-0.15, -0.1) is 0 Å². The van der Waals surface area contributed by atoms with Crippen LogP contribution in [-0.2, 0) is 6.54 Å². The van der Waals surface area contributed by atoms with E-state index < -0.39 is 5.82 Å². The van der Waals surface area contributed by atoms with E-state index in [-0.39, 0.29) is 29.2 Å². The molecule has 0 spiro atoms. The summed E-state index contributed by atoms with van der Waals surface area (Å²) in [5, 5.41) is 0. The molecule has 1 heterocycles. The molecule has 0 aliphatic carbocycles. The Balaban J connectivity index is 2.35. The summed E-state index contributed by atoms with van der Waals surface area (Å²) in [4.78, 5) is 24.1. The number of halogens is 1. The minimum Gasteiger partial charge on any atom is -0.496 e. The number of aryl methyl sites for hydroxylation is 1. The first-order valence-electron chi connectivity index (χ1n) is 6.05. The Morgan fingerprint density at radius 3 is 2.80 bits per heavy atom. The van der Waals surface area contributed by atoms with E-state index in [1.54, 1.807) is 19.1 Å². The highest BCUT2D eigenvalue weighted by Crippen LogP contribution is 2.20. The molecule has 2 rings (SSSR count). The van der Waals surface area contributed by atoms with Gasteiger partial charge in [0.1, 0.15) is 11.6 Å². The molecule has 0 atom stereocenters. The first-order valence-corrected chi connectivity index (χ1v) is 6.05. The maximum Gasteiger partial charge on any atom is 0.253 e. The van der Waals surface area contributed by atoms with E-state index in [2.05, 4.69) is 0 Å². The van der Waals surface area contributed by atoms with E-state index in [0.29, 0.717) is 5.56 Å². The monoisotopic (exact) mass is 275 g/mol. The molecule has 0 unspecified atom stereocenters. The molecule has 0 aliphatic rings. The van der Waals surface area contributed by atoms with Gasteiger partial charge in [-0.05, 0) is 31.2 Å². The topological polar surface area (TPSA) is 48.3 Å². The van der Waals surface area contributed by atoms with Gasteiger partial charge < -0.3 is 9.30 Å². The number of nitrogens with zero attached hydrogens (tertiary/aromatic N) is 1. The maximum absolute atomic E-state index is 13.2. The zero-order valence-electron chi connectivity index (χ0n) is 11.2. The fourth-order valence-electron chi connectivity index (χ4n) is 1.92. The third-order valence-corrected chi connectivity index (χ3v) is 2.99. The second kappa shape index (κ2) is 5.69. The van der Waals surface area contributed by atoms with E-state index in [4.69, 9.17) is 4.74 Å². The zero-order chi connectivity index (χ0) is 14.7. The number of benzene rings is 1. The van der Waals surface area contributed by atoms with Crippen molar-refractivity contribution in [1.29, 1.82) is 0 Å². The van der Waals surface area contributed by atoms with Gasteiger partial charge in [0.2, 0.25) is 0 Å². The fourth-order valence-corrected chi connectivity index (χ4v) is 1.92. The Bertz CT molecular complexity index is 707. The molecule has 104 valence electrons. The van der Waals surface area contributed by atoms with Crippen molar-refractivity contribution in [1.82, 2.24) is 4.57 Å². The van der Waals surface area contributed by atoms with Crippen LogP contribution in [0.25, 0.3) is 0 Å². The summed E-state index contributed by atoms with van der Waals surface area (Å²) in [6.45, 7) is 1.52. The van der Waals surface area contributed by atoms with Crippen molar-refractivity contribution >= 4 is 5.78 Å². The van der Waals surface area contributed by atoms with E-state index in [0.717, 1.165) is 6.07 Å². The molecule has 0 saturated carbocycles. The highest BCUT2D eigenvalue weighted by molar-refractivity contribution is 5.98. The number of Topliss-reactive ketones (excluding diaryl/α,β-unsaturated/α-hetero) is 1. The van der Waals surface area contributed by atoms with Crippen LogP contribution in [-0.4, -0.2) is 17.5 Å². The lowest BCUT2D eigenvalue weighted by molar-refractivity contribution is 0.0967. The summed E-state index contributed by atoms with van der Waals surface area (Å²) in [6.07, 6.45) is 1.53. The van der Waals surface area contributed by atoms with Crippen molar-refractivity contribution in [3.05, 3.63) is 63.8 Å². The molecule has 0 aliphatic heterocycles. The van der Waals surface area contributed by atoms with Gasteiger partial charge in [-0.1, -0.05) is 6.07 Å². The molecule has 0 N–H and O–H groups in total. The molecule has 20 heavy (non-hydrogen) atoms. The zero-order valence-corrected chi connectivity index (χ0v) is 11.2. The Kier molecular flexibility index (Phi) is 3.98. The number of pyridine rings is 1. The lowest BCUT2D eigenvalue weighted by Crippen LogP contribution is -2.25. The molecule has 5 heteroatoms. The standard InChI is InChI=1S/C15H14FNO3/c1-10-4-3-7-17(15(10)19)9-13(18)12-8-11(16)5-6-14(12)20-2/h3-8H,9H2,1-2H3. The molecule has 0 bridgehead atoms. The number of methoxy groups -OCH3 is 1. The summed E-state index contributed by atoms with van der Waals surface area (Å²) >= 11 is 0. The SMILES string of the molecule is COc1ccc(F)cc1C(=O)Cn1cccc(C)c1=O. The van der Waals surface area contributed by atoms with Gasteiger partial charge in [0.25, 0.3) is 5.56 Å². The molecule has 2 aromatic rings. The highest BCUT2D eigenvalue weighted by atomic mass is 19.1. The Hall–Kier alpha value is -2.43. The number of aromatic nitrogens is 1. The first-order chi connectivity index (χ1) is 9.52. The molecule has 0 amide bonds. The summed E-state index contributed by atoms with van der Waals surface area (Å²) in [6, 6.07) is 7.08. The molecular formula is C15H14FNO3. The van der Waals surface area contributed by atoms with Crippen LogP contribution in [0.1, 0.15) is 15.9 Å². The minimum atomic E-state index is -0.522. The fraction of sp³-hybridized carbons (Fsp3) is 0.200. The molecule has 1 aromatic heterocycles. The van der Waals surface area contributed by atoms with Crippen LogP contribution in [0.2, 0.25) is 0 Å². The minimum absolute atomic E-state index is 0.126. The molecule has 4 nitrogen and oxygen atoms in total. The summed E-state index contributed by atoms with van der Waals surface area (Å²) in [7, 11) is 1.41. The molecular weight excluding hydrogens is 261 g/mol. The predicted molar refractivity (Wildman–Crippen MR) is 72.7 cm³/mol. The number of rotatable bonds is 4. The Morgan fingerprint density at radius 1 is 1.35 bits per heavy atom. The molecule has 0 fully saturated rings. The third-order valence-electron chi connectivity index (χ3n) is 2.99. The van der Waals surface area contributed by atoms with Gasteiger partial charge in [0, 0.05) is 11.8 Å². The van der Waals surface area contributed by atoms with E-state index in [9.17, 15) is 14.0 Å². The van der Waals surface area contributed by atoms with E-state index >= 15 is 0 Å². The lowest BCUT2D eigenvalue weighted by atomic mass is 10.1. The number of hydrogen-bond acceptors (Lipinski definition) is 3. The van der Waals surface area contributed by atoms with Crippen LogP contribution in [0, 0.1) is 12.7 Å². The smallest absolute Gasteiger partial charge is 0.253 e. The molecule has 0 radical (unpaired) electrons. The van der Waals surface area contributed by atoms with Gasteiger partial charge in [-0.25, -0.2) is 4.39 Å². The van der Waals surface area contributed by atoms with Gasteiger partial charge in [-0.3, -0.25) is 9.59 Å². The van der Waals surface area contributed by atoms with Crippen molar-refractivity contribution < 1.29 is 13.9 Å². The number of ether oxygens (including phenoxy) is 1. The van der Waals surface area contributed by atoms with Crippen molar-refractivity contribution in [2.75, 3.05) is 7.11 Å². The number of carbonyl (C=O) groups is 1. The summed E-state index contributed by atoms with van der Waals surface area (Å²) in [5.41, 5.74) is 0.434. The predicted octanol–water partition coefficient (Wildman–Crippen LogP) is 2.19. The van der Waals surface area contributed by atoms with Crippen LogP contribution < -0.4 is 10.3 Å². The second-order valence-corrected chi connectivity index (χ2v) is 4.39. The van der Waals surface area contributed by atoms with Gasteiger partial charge in [0.15, 0.2) is 5.78 Å². The normalized spacial score (nSPS) is 10.3. The maximum atomic E-state index is 13.2. The third kappa shape index (κ3) is 2.77.